The van der Waals surface area contributed by atoms with Gasteiger partial charge < -0.3 is 4.90 Å². The van der Waals surface area contributed by atoms with Crippen molar-refractivity contribution < 1.29 is 9.59 Å². The number of hydrogen-bond acceptors (Lipinski definition) is 3. The van der Waals surface area contributed by atoms with E-state index in [1.54, 1.807) is 0 Å². The van der Waals surface area contributed by atoms with Gasteiger partial charge in [0.1, 0.15) is 0 Å². The molecule has 0 radical (unpaired) electrons. The smallest absolute Gasteiger partial charge is 0.223 e. The van der Waals surface area contributed by atoms with Crippen molar-refractivity contribution in [1.29, 1.82) is 0 Å². The van der Waals surface area contributed by atoms with Gasteiger partial charge in [-0.1, -0.05) is 41.5 Å². The van der Waals surface area contributed by atoms with Crippen molar-refractivity contribution in [3.63, 3.8) is 0 Å². The summed E-state index contributed by atoms with van der Waals surface area (Å²) in [5.74, 6) is 0.506. The van der Waals surface area contributed by atoms with E-state index >= 15 is 0 Å². The largest absolute Gasteiger partial charge is 0.340 e. The van der Waals surface area contributed by atoms with Gasteiger partial charge in [-0.2, -0.15) is 0 Å². The zero-order valence-electron chi connectivity index (χ0n) is 14.0. The number of carbonyl (C=O) groups is 2. The van der Waals surface area contributed by atoms with E-state index in [1.807, 2.05) is 25.7 Å². The minimum Gasteiger partial charge on any atom is -0.340 e. The first-order valence-corrected chi connectivity index (χ1v) is 7.52. The van der Waals surface area contributed by atoms with Gasteiger partial charge >= 0.3 is 0 Å². The predicted octanol–water partition coefficient (Wildman–Crippen LogP) is 2.18. The molecule has 0 saturated carbocycles. The van der Waals surface area contributed by atoms with Crippen LogP contribution in [0, 0.1) is 10.8 Å². The molecule has 0 aromatic rings. The third kappa shape index (κ3) is 5.61. The Morgan fingerprint density at radius 1 is 0.900 bits per heavy atom. The van der Waals surface area contributed by atoms with Gasteiger partial charge in [0, 0.05) is 38.0 Å². The van der Waals surface area contributed by atoms with Gasteiger partial charge in [-0.3, -0.25) is 14.5 Å². The van der Waals surface area contributed by atoms with Crippen molar-refractivity contribution in [3.05, 3.63) is 0 Å². The fraction of sp³-hybridized carbons (Fsp3) is 0.875. The summed E-state index contributed by atoms with van der Waals surface area (Å²) in [5, 5.41) is 0. The monoisotopic (exact) mass is 282 g/mol. The van der Waals surface area contributed by atoms with Crippen molar-refractivity contribution in [1.82, 2.24) is 9.80 Å². The quantitative estimate of drug-likeness (QED) is 0.796. The van der Waals surface area contributed by atoms with Crippen LogP contribution in [0.3, 0.4) is 0 Å². The van der Waals surface area contributed by atoms with Crippen LogP contribution in [0.2, 0.25) is 0 Å². The molecule has 1 heterocycles. The summed E-state index contributed by atoms with van der Waals surface area (Å²) in [4.78, 5) is 28.3. The Labute approximate surface area is 123 Å². The van der Waals surface area contributed by atoms with Crippen LogP contribution in [-0.4, -0.2) is 54.2 Å². The molecule has 1 rings (SSSR count). The number of carbonyl (C=O) groups excluding carboxylic acids is 2. The van der Waals surface area contributed by atoms with Gasteiger partial charge in [-0.15, -0.1) is 0 Å². The lowest BCUT2D eigenvalue weighted by atomic mass is 9.90. The molecule has 0 bridgehead atoms. The fourth-order valence-corrected chi connectivity index (χ4v) is 2.16. The summed E-state index contributed by atoms with van der Waals surface area (Å²) in [6, 6.07) is 0. The number of Topliss-reactive ketones (excluding diaryl/α,β-unsaturated/α-hetero) is 1. The second kappa shape index (κ2) is 6.25. The molecule has 1 aliphatic rings. The summed E-state index contributed by atoms with van der Waals surface area (Å²) < 4.78 is 0. The van der Waals surface area contributed by atoms with E-state index in [4.69, 9.17) is 0 Å². The summed E-state index contributed by atoms with van der Waals surface area (Å²) in [5.41, 5.74) is -0.240. The fourth-order valence-electron chi connectivity index (χ4n) is 2.16. The number of nitrogens with zero attached hydrogens (tertiary/aromatic N) is 2. The van der Waals surface area contributed by atoms with E-state index in [-0.39, 0.29) is 22.5 Å². The van der Waals surface area contributed by atoms with Crippen LogP contribution in [0.5, 0.6) is 0 Å². The molecule has 0 aliphatic carbocycles. The van der Waals surface area contributed by atoms with E-state index in [1.165, 1.54) is 0 Å². The van der Waals surface area contributed by atoms with Crippen LogP contribution in [-0.2, 0) is 9.59 Å². The average Bonchev–Trinajstić information content (AvgIpc) is 2.26. The Kier molecular flexibility index (Phi) is 5.36. The van der Waals surface area contributed by atoms with Crippen LogP contribution in [0.25, 0.3) is 0 Å². The zero-order valence-corrected chi connectivity index (χ0v) is 14.0. The van der Waals surface area contributed by atoms with Gasteiger partial charge in [0.2, 0.25) is 5.91 Å². The van der Waals surface area contributed by atoms with Crippen LogP contribution in [0.15, 0.2) is 0 Å². The lowest BCUT2D eigenvalue weighted by molar-refractivity contribution is -0.135. The highest BCUT2D eigenvalue weighted by atomic mass is 16.2. The number of amides is 1. The SMILES string of the molecule is CC(C)(C)CC(=O)N1CCN(CC(=O)C(C)(C)C)CC1. The molecule has 0 unspecified atom stereocenters. The predicted molar refractivity (Wildman–Crippen MR) is 81.6 cm³/mol. The number of hydrogen-bond donors (Lipinski definition) is 0. The second-order valence-electron chi connectivity index (χ2n) is 8.07. The molecule has 0 N–H and O–H groups in total. The lowest BCUT2D eigenvalue weighted by Gasteiger charge is -2.36. The number of ketones is 1. The first-order valence-electron chi connectivity index (χ1n) is 7.52. The average molecular weight is 282 g/mol. The van der Waals surface area contributed by atoms with Crippen LogP contribution in [0.4, 0.5) is 0 Å². The molecule has 0 aromatic carbocycles. The topological polar surface area (TPSA) is 40.6 Å². The van der Waals surface area contributed by atoms with Gasteiger partial charge in [0.15, 0.2) is 5.78 Å². The molecule has 1 amide bonds. The van der Waals surface area contributed by atoms with Gasteiger partial charge in [0.05, 0.1) is 6.54 Å². The molecule has 1 fully saturated rings. The molecule has 1 saturated heterocycles. The van der Waals surface area contributed by atoms with Gasteiger partial charge in [0.25, 0.3) is 0 Å². The molecule has 0 aromatic heterocycles. The summed E-state index contributed by atoms with van der Waals surface area (Å²) in [6.45, 7) is 15.7. The minimum atomic E-state index is -0.279. The van der Waals surface area contributed by atoms with Crippen LogP contribution in [0.1, 0.15) is 48.0 Å². The number of piperazine rings is 1. The first-order chi connectivity index (χ1) is 8.99. The zero-order chi connectivity index (χ0) is 15.6. The molecule has 1 aliphatic heterocycles. The van der Waals surface area contributed by atoms with E-state index < -0.39 is 0 Å². The third-order valence-corrected chi connectivity index (χ3v) is 3.61. The molecule has 116 valence electrons. The number of rotatable bonds is 3. The molecule has 0 atom stereocenters. The molecule has 4 heteroatoms. The lowest BCUT2D eigenvalue weighted by Crippen LogP contribution is -2.51. The van der Waals surface area contributed by atoms with E-state index in [9.17, 15) is 9.59 Å². The maximum absolute atomic E-state index is 12.1. The molecule has 20 heavy (non-hydrogen) atoms. The normalized spacial score (nSPS) is 18.2. The maximum atomic E-state index is 12.1. The van der Waals surface area contributed by atoms with Crippen LogP contribution < -0.4 is 0 Å². The van der Waals surface area contributed by atoms with Gasteiger partial charge in [-0.25, -0.2) is 0 Å². The molecular formula is C16H30N2O2. The molecule has 0 spiro atoms. The van der Waals surface area contributed by atoms with Crippen molar-refractivity contribution >= 4 is 11.7 Å². The Morgan fingerprint density at radius 3 is 1.80 bits per heavy atom. The van der Waals surface area contributed by atoms with E-state index in [0.717, 1.165) is 26.2 Å². The Bertz CT molecular complexity index is 356. The standard InChI is InChI=1S/C16H30N2O2/c1-15(2,3)11-14(20)18-9-7-17(8-10-18)12-13(19)16(4,5)6/h7-12H2,1-6H3. The van der Waals surface area contributed by atoms with Gasteiger partial charge in [-0.05, 0) is 5.41 Å². The third-order valence-electron chi connectivity index (χ3n) is 3.61. The molecule has 4 nitrogen and oxygen atoms in total. The summed E-state index contributed by atoms with van der Waals surface area (Å²) >= 11 is 0. The highest BCUT2D eigenvalue weighted by Crippen LogP contribution is 2.21. The highest BCUT2D eigenvalue weighted by Gasteiger charge is 2.28. The Morgan fingerprint density at radius 2 is 1.40 bits per heavy atom. The molecular weight excluding hydrogens is 252 g/mol. The second-order valence-corrected chi connectivity index (χ2v) is 8.07. The Hall–Kier alpha value is -0.900. The van der Waals surface area contributed by atoms with Crippen molar-refractivity contribution in [2.24, 2.45) is 10.8 Å². The van der Waals surface area contributed by atoms with Crippen molar-refractivity contribution in [3.8, 4) is 0 Å². The van der Waals surface area contributed by atoms with E-state index in [2.05, 4.69) is 25.7 Å². The minimum absolute atomic E-state index is 0.0381. The summed E-state index contributed by atoms with van der Waals surface area (Å²) in [7, 11) is 0. The Balaban J connectivity index is 2.41. The van der Waals surface area contributed by atoms with E-state index in [0.29, 0.717) is 13.0 Å². The first kappa shape index (κ1) is 17.2. The highest BCUT2D eigenvalue weighted by molar-refractivity contribution is 5.85. The maximum Gasteiger partial charge on any atom is 0.223 e. The van der Waals surface area contributed by atoms with Crippen molar-refractivity contribution in [2.45, 2.75) is 48.0 Å². The van der Waals surface area contributed by atoms with Crippen LogP contribution >= 0.6 is 0 Å². The van der Waals surface area contributed by atoms with Crippen molar-refractivity contribution in [2.75, 3.05) is 32.7 Å². The summed E-state index contributed by atoms with van der Waals surface area (Å²) in [6.07, 6.45) is 0.591.